The van der Waals surface area contributed by atoms with Gasteiger partial charge in [0.05, 0.1) is 11.4 Å². The number of hydrogen-bond donors (Lipinski definition) is 3. The first-order chi connectivity index (χ1) is 9.65. The lowest BCUT2D eigenvalue weighted by Crippen LogP contribution is -2.12. The lowest BCUT2D eigenvalue weighted by molar-refractivity contribution is -0.116. The summed E-state index contributed by atoms with van der Waals surface area (Å²) in [5.41, 5.74) is 6.70. The highest BCUT2D eigenvalue weighted by Gasteiger charge is 2.19. The fraction of sp³-hybridized carbons (Fsp3) is 0.562. The number of amides is 1. The molecule has 0 bridgehead atoms. The topological polar surface area (TPSA) is 75.3 Å². The largest absolute Gasteiger partial charge is 0.508 e. The maximum atomic E-state index is 11.8. The number of nitrogen functional groups attached to an aromatic ring is 1. The molecule has 1 amide bonds. The molecule has 4 N–H and O–H groups in total. The molecule has 1 fully saturated rings. The van der Waals surface area contributed by atoms with Crippen molar-refractivity contribution in [3.8, 4) is 5.75 Å². The van der Waals surface area contributed by atoms with E-state index in [-0.39, 0.29) is 11.7 Å². The summed E-state index contributed by atoms with van der Waals surface area (Å²) in [7, 11) is 0. The van der Waals surface area contributed by atoms with Crippen LogP contribution in [-0.2, 0) is 4.79 Å². The van der Waals surface area contributed by atoms with Crippen LogP contribution in [0.15, 0.2) is 18.2 Å². The molecule has 0 unspecified atom stereocenters. The monoisotopic (exact) mass is 276 g/mol. The molecule has 0 atom stereocenters. The second-order valence-corrected chi connectivity index (χ2v) is 5.72. The van der Waals surface area contributed by atoms with Crippen LogP contribution in [0.25, 0.3) is 0 Å². The lowest BCUT2D eigenvalue weighted by Gasteiger charge is -2.08. The Balaban J connectivity index is 1.60. The number of nitrogens with one attached hydrogen (secondary N) is 1. The Labute approximate surface area is 120 Å². The SMILES string of the molecule is Nc1ccc(O)cc1NC(=O)CCCCCCC1CC1. The predicted molar refractivity (Wildman–Crippen MR) is 81.6 cm³/mol. The molecule has 1 saturated carbocycles. The number of rotatable bonds is 8. The Hall–Kier alpha value is -1.71. The van der Waals surface area contributed by atoms with E-state index in [2.05, 4.69) is 5.32 Å². The minimum atomic E-state index is -0.0375. The van der Waals surface area contributed by atoms with Crippen molar-refractivity contribution in [3.05, 3.63) is 18.2 Å². The third-order valence-electron chi connectivity index (χ3n) is 3.77. The number of phenols is 1. The zero-order valence-electron chi connectivity index (χ0n) is 11.9. The number of unbranched alkanes of at least 4 members (excludes halogenated alkanes) is 3. The normalized spacial score (nSPS) is 14.2. The lowest BCUT2D eigenvalue weighted by atomic mass is 10.1. The summed E-state index contributed by atoms with van der Waals surface area (Å²) < 4.78 is 0. The number of hydrogen-bond acceptors (Lipinski definition) is 3. The fourth-order valence-electron chi connectivity index (χ4n) is 2.34. The highest BCUT2D eigenvalue weighted by Crippen LogP contribution is 2.34. The quantitative estimate of drug-likeness (QED) is 0.385. The van der Waals surface area contributed by atoms with Crippen LogP contribution in [0, 0.1) is 5.92 Å². The van der Waals surface area contributed by atoms with E-state index < -0.39 is 0 Å². The van der Waals surface area contributed by atoms with Gasteiger partial charge in [-0.3, -0.25) is 4.79 Å². The first kappa shape index (κ1) is 14.7. The molecule has 0 aliphatic heterocycles. The highest BCUT2D eigenvalue weighted by molar-refractivity contribution is 5.94. The van der Waals surface area contributed by atoms with Crippen LogP contribution in [0.2, 0.25) is 0 Å². The summed E-state index contributed by atoms with van der Waals surface area (Å²) in [6.07, 6.45) is 9.26. The van der Waals surface area contributed by atoms with E-state index in [1.54, 1.807) is 6.07 Å². The number of anilines is 2. The summed E-state index contributed by atoms with van der Waals surface area (Å²) in [5.74, 6) is 1.08. The Morgan fingerprint density at radius 1 is 1.25 bits per heavy atom. The molecule has 4 nitrogen and oxygen atoms in total. The van der Waals surface area contributed by atoms with Crippen molar-refractivity contribution < 1.29 is 9.90 Å². The Bertz CT molecular complexity index is 456. The van der Waals surface area contributed by atoms with E-state index >= 15 is 0 Å². The average Bonchev–Trinajstić information content (AvgIpc) is 3.22. The van der Waals surface area contributed by atoms with E-state index in [9.17, 15) is 9.90 Å². The van der Waals surface area contributed by atoms with Gasteiger partial charge in [-0.2, -0.15) is 0 Å². The van der Waals surface area contributed by atoms with Crippen LogP contribution < -0.4 is 11.1 Å². The first-order valence-electron chi connectivity index (χ1n) is 7.53. The average molecular weight is 276 g/mol. The molecule has 4 heteroatoms. The first-order valence-corrected chi connectivity index (χ1v) is 7.53. The van der Waals surface area contributed by atoms with Gasteiger partial charge in [0, 0.05) is 12.5 Å². The molecular formula is C16H24N2O2. The summed E-state index contributed by atoms with van der Waals surface area (Å²) in [6.45, 7) is 0. The van der Waals surface area contributed by atoms with Gasteiger partial charge in [-0.15, -0.1) is 0 Å². The summed E-state index contributed by atoms with van der Waals surface area (Å²) in [5, 5.41) is 12.1. The second-order valence-electron chi connectivity index (χ2n) is 5.72. The van der Waals surface area contributed by atoms with Gasteiger partial charge in [0.15, 0.2) is 0 Å². The van der Waals surface area contributed by atoms with Crippen LogP contribution in [0.5, 0.6) is 5.75 Å². The predicted octanol–water partition coefficient (Wildman–Crippen LogP) is 3.66. The van der Waals surface area contributed by atoms with Crippen molar-refractivity contribution in [2.24, 2.45) is 5.92 Å². The summed E-state index contributed by atoms with van der Waals surface area (Å²) in [6, 6.07) is 4.57. The van der Waals surface area contributed by atoms with Gasteiger partial charge in [0.2, 0.25) is 5.91 Å². The zero-order valence-corrected chi connectivity index (χ0v) is 11.9. The van der Waals surface area contributed by atoms with Crippen LogP contribution in [-0.4, -0.2) is 11.0 Å². The number of nitrogens with two attached hydrogens (primary N) is 1. The molecule has 110 valence electrons. The maximum Gasteiger partial charge on any atom is 0.224 e. The summed E-state index contributed by atoms with van der Waals surface area (Å²) >= 11 is 0. The molecule has 1 aromatic carbocycles. The van der Waals surface area contributed by atoms with Gasteiger partial charge in [-0.05, 0) is 24.5 Å². The molecule has 0 spiro atoms. The highest BCUT2D eigenvalue weighted by atomic mass is 16.3. The van der Waals surface area contributed by atoms with Gasteiger partial charge < -0.3 is 16.2 Å². The van der Waals surface area contributed by atoms with Gasteiger partial charge >= 0.3 is 0 Å². The standard InChI is InChI=1S/C16H24N2O2/c17-14-10-9-13(19)11-15(14)18-16(20)6-4-2-1-3-5-12-7-8-12/h9-12,19H,1-8,17H2,(H,18,20). The minimum Gasteiger partial charge on any atom is -0.508 e. The van der Waals surface area contributed by atoms with E-state index in [0.29, 0.717) is 17.8 Å². The number of aromatic hydroxyl groups is 1. The number of benzene rings is 1. The Morgan fingerprint density at radius 3 is 2.75 bits per heavy atom. The molecule has 0 heterocycles. The minimum absolute atomic E-state index is 0.0375. The van der Waals surface area contributed by atoms with Crippen molar-refractivity contribution in [2.75, 3.05) is 11.1 Å². The number of carbonyl (C=O) groups excluding carboxylic acids is 1. The molecule has 1 aliphatic carbocycles. The van der Waals surface area contributed by atoms with E-state index in [0.717, 1.165) is 18.8 Å². The van der Waals surface area contributed by atoms with Crippen LogP contribution in [0.3, 0.4) is 0 Å². The number of carbonyl (C=O) groups is 1. The third kappa shape index (κ3) is 5.11. The van der Waals surface area contributed by atoms with Crippen molar-refractivity contribution in [1.29, 1.82) is 0 Å². The van der Waals surface area contributed by atoms with Crippen LogP contribution >= 0.6 is 0 Å². The molecule has 20 heavy (non-hydrogen) atoms. The zero-order chi connectivity index (χ0) is 14.4. The van der Waals surface area contributed by atoms with Crippen molar-refractivity contribution in [2.45, 2.75) is 51.4 Å². The molecular weight excluding hydrogens is 252 g/mol. The van der Waals surface area contributed by atoms with Gasteiger partial charge in [-0.1, -0.05) is 38.5 Å². The molecule has 2 rings (SSSR count). The molecule has 0 aromatic heterocycles. The van der Waals surface area contributed by atoms with Crippen LogP contribution in [0.1, 0.15) is 51.4 Å². The van der Waals surface area contributed by atoms with Crippen molar-refractivity contribution in [3.63, 3.8) is 0 Å². The van der Waals surface area contributed by atoms with Gasteiger partial charge in [0.1, 0.15) is 5.75 Å². The third-order valence-corrected chi connectivity index (χ3v) is 3.77. The van der Waals surface area contributed by atoms with Crippen LogP contribution in [0.4, 0.5) is 11.4 Å². The molecule has 1 aromatic rings. The van der Waals surface area contributed by atoms with Gasteiger partial charge in [0.25, 0.3) is 0 Å². The summed E-state index contributed by atoms with van der Waals surface area (Å²) in [4.78, 5) is 11.8. The van der Waals surface area contributed by atoms with Crippen molar-refractivity contribution >= 4 is 17.3 Å². The van der Waals surface area contributed by atoms with E-state index in [1.165, 1.54) is 44.2 Å². The molecule has 0 radical (unpaired) electrons. The maximum absolute atomic E-state index is 11.8. The second kappa shape index (κ2) is 7.17. The molecule has 0 saturated heterocycles. The van der Waals surface area contributed by atoms with Gasteiger partial charge in [-0.25, -0.2) is 0 Å². The van der Waals surface area contributed by atoms with E-state index in [1.807, 2.05) is 0 Å². The molecule has 1 aliphatic rings. The Kier molecular flexibility index (Phi) is 5.27. The van der Waals surface area contributed by atoms with Crippen molar-refractivity contribution in [1.82, 2.24) is 0 Å². The smallest absolute Gasteiger partial charge is 0.224 e. The van der Waals surface area contributed by atoms with E-state index in [4.69, 9.17) is 5.73 Å². The number of phenolic OH excluding ortho intramolecular Hbond substituents is 1. The Morgan fingerprint density at radius 2 is 2.00 bits per heavy atom. The fourth-order valence-corrected chi connectivity index (χ4v) is 2.34.